The smallest absolute Gasteiger partial charge is 0.0995 e. The largest absolute Gasteiger partial charge is 0.317 e. The number of benzene rings is 1. The number of nitrogens with zero attached hydrogens (tertiary/aromatic N) is 2. The van der Waals surface area contributed by atoms with Gasteiger partial charge in [0.15, 0.2) is 0 Å². The average molecular weight is 266 g/mol. The molecule has 3 nitrogen and oxygen atoms in total. The lowest BCUT2D eigenvalue weighted by atomic mass is 10.0. The minimum Gasteiger partial charge on any atom is -0.317 e. The molecular formula is C14H20ClN3. The topological polar surface area (TPSA) is 39.1 Å². The second-order valence-electron chi connectivity index (χ2n) is 4.67. The molecule has 0 bridgehead atoms. The van der Waals surface area contributed by atoms with E-state index in [1.807, 2.05) is 18.2 Å². The Morgan fingerprint density at radius 3 is 2.67 bits per heavy atom. The van der Waals surface area contributed by atoms with E-state index >= 15 is 0 Å². The number of halogens is 1. The fraction of sp³-hybridized carbons (Fsp3) is 0.500. The van der Waals surface area contributed by atoms with Gasteiger partial charge in [0.2, 0.25) is 0 Å². The molecule has 1 aliphatic rings. The van der Waals surface area contributed by atoms with Gasteiger partial charge in [-0.2, -0.15) is 5.26 Å². The van der Waals surface area contributed by atoms with Crippen molar-refractivity contribution in [3.63, 3.8) is 0 Å². The van der Waals surface area contributed by atoms with Crippen molar-refractivity contribution in [2.75, 3.05) is 20.1 Å². The van der Waals surface area contributed by atoms with E-state index in [-0.39, 0.29) is 12.4 Å². The fourth-order valence-corrected chi connectivity index (χ4v) is 2.41. The van der Waals surface area contributed by atoms with Crippen molar-refractivity contribution in [2.45, 2.75) is 25.4 Å². The molecule has 0 aliphatic carbocycles. The molecule has 98 valence electrons. The summed E-state index contributed by atoms with van der Waals surface area (Å²) < 4.78 is 0. The van der Waals surface area contributed by atoms with E-state index in [1.165, 1.54) is 12.8 Å². The Bertz CT molecular complexity index is 408. The first-order valence-corrected chi connectivity index (χ1v) is 6.20. The van der Waals surface area contributed by atoms with Crippen LogP contribution in [0.4, 0.5) is 0 Å². The van der Waals surface area contributed by atoms with Crippen LogP contribution in [0.15, 0.2) is 24.3 Å². The number of nitriles is 1. The molecule has 0 unspecified atom stereocenters. The maximum Gasteiger partial charge on any atom is 0.0995 e. The SMILES string of the molecule is CN(Cc1ccccc1C#N)C1CCNCC1.Cl. The Morgan fingerprint density at radius 1 is 1.33 bits per heavy atom. The van der Waals surface area contributed by atoms with Gasteiger partial charge in [0.25, 0.3) is 0 Å². The van der Waals surface area contributed by atoms with E-state index < -0.39 is 0 Å². The van der Waals surface area contributed by atoms with E-state index in [2.05, 4.69) is 29.4 Å². The second-order valence-corrected chi connectivity index (χ2v) is 4.67. The molecule has 0 saturated carbocycles. The molecule has 1 aromatic carbocycles. The third kappa shape index (κ3) is 3.71. The molecule has 2 rings (SSSR count). The number of rotatable bonds is 3. The number of piperidine rings is 1. The molecule has 1 fully saturated rings. The van der Waals surface area contributed by atoms with E-state index in [4.69, 9.17) is 5.26 Å². The van der Waals surface area contributed by atoms with Crippen molar-refractivity contribution in [3.05, 3.63) is 35.4 Å². The van der Waals surface area contributed by atoms with Gasteiger partial charge >= 0.3 is 0 Å². The highest BCUT2D eigenvalue weighted by atomic mass is 35.5. The maximum atomic E-state index is 9.06. The van der Waals surface area contributed by atoms with Crippen molar-refractivity contribution < 1.29 is 0 Å². The van der Waals surface area contributed by atoms with Gasteiger partial charge < -0.3 is 5.32 Å². The Kier molecular flexibility index (Phi) is 6.14. The minimum atomic E-state index is 0. The first-order valence-electron chi connectivity index (χ1n) is 6.20. The average Bonchev–Trinajstić information content (AvgIpc) is 2.40. The molecule has 0 aromatic heterocycles. The molecule has 1 aromatic rings. The summed E-state index contributed by atoms with van der Waals surface area (Å²) in [6, 6.07) is 10.8. The van der Waals surface area contributed by atoms with Crippen molar-refractivity contribution >= 4 is 12.4 Å². The molecule has 18 heavy (non-hydrogen) atoms. The van der Waals surface area contributed by atoms with Crippen LogP contribution in [0.5, 0.6) is 0 Å². The third-order valence-electron chi connectivity index (χ3n) is 3.49. The quantitative estimate of drug-likeness (QED) is 0.910. The highest BCUT2D eigenvalue weighted by Gasteiger charge is 2.18. The standard InChI is InChI=1S/C14H19N3.ClH/c1-17(14-6-8-16-9-7-14)11-13-5-3-2-4-12(13)10-15;/h2-5,14,16H,6-9,11H2,1H3;1H. The Morgan fingerprint density at radius 2 is 2.00 bits per heavy atom. The van der Waals surface area contributed by atoms with Gasteiger partial charge in [-0.1, -0.05) is 18.2 Å². The lowest BCUT2D eigenvalue weighted by Gasteiger charge is -2.31. The second kappa shape index (κ2) is 7.38. The van der Waals surface area contributed by atoms with Crippen LogP contribution in [0.3, 0.4) is 0 Å². The summed E-state index contributed by atoms with van der Waals surface area (Å²) in [6.07, 6.45) is 2.40. The zero-order chi connectivity index (χ0) is 12.1. The van der Waals surface area contributed by atoms with Crippen LogP contribution >= 0.6 is 12.4 Å². The molecule has 0 radical (unpaired) electrons. The van der Waals surface area contributed by atoms with Gasteiger partial charge in [-0.15, -0.1) is 12.4 Å². The summed E-state index contributed by atoms with van der Waals surface area (Å²) in [5.74, 6) is 0. The number of hydrogen-bond donors (Lipinski definition) is 1. The molecule has 0 spiro atoms. The number of hydrogen-bond acceptors (Lipinski definition) is 3. The summed E-state index contributed by atoms with van der Waals surface area (Å²) in [7, 11) is 2.16. The Labute approximate surface area is 115 Å². The zero-order valence-electron chi connectivity index (χ0n) is 10.7. The summed E-state index contributed by atoms with van der Waals surface area (Å²) >= 11 is 0. The van der Waals surface area contributed by atoms with Gasteiger partial charge in [-0.05, 0) is 44.6 Å². The molecule has 1 aliphatic heterocycles. The molecule has 0 atom stereocenters. The van der Waals surface area contributed by atoms with Gasteiger partial charge in [0.1, 0.15) is 0 Å². The molecule has 0 amide bonds. The van der Waals surface area contributed by atoms with E-state index in [0.29, 0.717) is 6.04 Å². The predicted molar refractivity (Wildman–Crippen MR) is 75.8 cm³/mol. The summed E-state index contributed by atoms with van der Waals surface area (Å²) in [5, 5.41) is 12.4. The minimum absolute atomic E-state index is 0. The van der Waals surface area contributed by atoms with Crippen molar-refractivity contribution in [3.8, 4) is 6.07 Å². The van der Waals surface area contributed by atoms with Crippen LogP contribution in [0.2, 0.25) is 0 Å². The summed E-state index contributed by atoms with van der Waals surface area (Å²) in [5.41, 5.74) is 1.93. The molecule has 1 N–H and O–H groups in total. The normalized spacial score (nSPS) is 16.1. The predicted octanol–water partition coefficient (Wildman–Crippen LogP) is 2.16. The first-order chi connectivity index (χ1) is 8.31. The van der Waals surface area contributed by atoms with Crippen molar-refractivity contribution in [2.24, 2.45) is 0 Å². The van der Waals surface area contributed by atoms with E-state index in [0.717, 1.165) is 30.8 Å². The molecule has 1 heterocycles. The number of nitrogens with one attached hydrogen (secondary N) is 1. The van der Waals surface area contributed by atoms with E-state index in [1.54, 1.807) is 0 Å². The van der Waals surface area contributed by atoms with Crippen LogP contribution in [-0.2, 0) is 6.54 Å². The summed E-state index contributed by atoms with van der Waals surface area (Å²) in [6.45, 7) is 3.08. The highest BCUT2D eigenvalue weighted by molar-refractivity contribution is 5.85. The van der Waals surface area contributed by atoms with Crippen LogP contribution in [0, 0.1) is 11.3 Å². The maximum absolute atomic E-state index is 9.06. The molecular weight excluding hydrogens is 246 g/mol. The monoisotopic (exact) mass is 265 g/mol. The van der Waals surface area contributed by atoms with Crippen LogP contribution in [0.25, 0.3) is 0 Å². The Balaban J connectivity index is 0.00000162. The molecule has 1 saturated heterocycles. The van der Waals surface area contributed by atoms with E-state index in [9.17, 15) is 0 Å². The van der Waals surface area contributed by atoms with Gasteiger partial charge in [0, 0.05) is 12.6 Å². The van der Waals surface area contributed by atoms with Crippen LogP contribution in [0.1, 0.15) is 24.0 Å². The van der Waals surface area contributed by atoms with Crippen LogP contribution < -0.4 is 5.32 Å². The van der Waals surface area contributed by atoms with Crippen molar-refractivity contribution in [1.29, 1.82) is 5.26 Å². The van der Waals surface area contributed by atoms with Crippen LogP contribution in [-0.4, -0.2) is 31.1 Å². The zero-order valence-corrected chi connectivity index (χ0v) is 11.5. The van der Waals surface area contributed by atoms with Gasteiger partial charge in [-0.3, -0.25) is 4.90 Å². The Hall–Kier alpha value is -1.08. The third-order valence-corrected chi connectivity index (χ3v) is 3.49. The highest BCUT2D eigenvalue weighted by Crippen LogP contribution is 2.15. The fourth-order valence-electron chi connectivity index (χ4n) is 2.41. The lowest BCUT2D eigenvalue weighted by molar-refractivity contribution is 0.191. The van der Waals surface area contributed by atoms with Crippen molar-refractivity contribution in [1.82, 2.24) is 10.2 Å². The van der Waals surface area contributed by atoms with Gasteiger partial charge in [-0.25, -0.2) is 0 Å². The first kappa shape index (κ1) is 15.0. The lowest BCUT2D eigenvalue weighted by Crippen LogP contribution is -2.40. The summed E-state index contributed by atoms with van der Waals surface area (Å²) in [4.78, 5) is 2.37. The molecule has 4 heteroatoms. The van der Waals surface area contributed by atoms with Gasteiger partial charge in [0.05, 0.1) is 11.6 Å².